The zero-order valence-corrected chi connectivity index (χ0v) is 13.2. The van der Waals surface area contributed by atoms with Gasteiger partial charge in [0.2, 0.25) is 0 Å². The first-order valence-corrected chi connectivity index (χ1v) is 7.69. The summed E-state index contributed by atoms with van der Waals surface area (Å²) in [4.78, 5) is 11.8. The van der Waals surface area contributed by atoms with Crippen molar-refractivity contribution in [3.8, 4) is 5.75 Å². The molecule has 22 heavy (non-hydrogen) atoms. The number of aliphatic hydroxyl groups excluding tert-OH is 1. The van der Waals surface area contributed by atoms with Gasteiger partial charge in [0.1, 0.15) is 12.4 Å². The first-order chi connectivity index (χ1) is 10.6. The molecule has 1 saturated heterocycles. The number of aliphatic hydroxyl groups is 1. The lowest BCUT2D eigenvalue weighted by Gasteiger charge is -2.29. The highest BCUT2D eigenvalue weighted by molar-refractivity contribution is 5.74. The normalized spacial score (nSPS) is 21.2. The van der Waals surface area contributed by atoms with Gasteiger partial charge in [-0.15, -0.1) is 0 Å². The van der Waals surface area contributed by atoms with E-state index in [1.54, 1.807) is 0 Å². The van der Waals surface area contributed by atoms with Crippen LogP contribution in [0.2, 0.25) is 0 Å². The van der Waals surface area contributed by atoms with E-state index in [0.29, 0.717) is 19.7 Å². The summed E-state index contributed by atoms with van der Waals surface area (Å²) in [5, 5.41) is 18.4. The van der Waals surface area contributed by atoms with Gasteiger partial charge in [0, 0.05) is 6.54 Å². The van der Waals surface area contributed by atoms with E-state index in [0.717, 1.165) is 18.7 Å². The third-order valence-corrected chi connectivity index (χ3v) is 3.90. The van der Waals surface area contributed by atoms with Crippen LogP contribution in [0.25, 0.3) is 0 Å². The lowest BCUT2D eigenvalue weighted by Crippen LogP contribution is -2.55. The molecule has 0 aliphatic carbocycles. The summed E-state index contributed by atoms with van der Waals surface area (Å²) in [6.45, 7) is 6.24. The van der Waals surface area contributed by atoms with E-state index in [1.165, 1.54) is 11.1 Å². The molecule has 122 valence electrons. The van der Waals surface area contributed by atoms with Crippen LogP contribution in [0.3, 0.4) is 0 Å². The van der Waals surface area contributed by atoms with E-state index in [4.69, 9.17) is 4.74 Å². The number of β-amino-alcohol motifs (C(OH)–C–C–N with tert-alkyl or cyclic N) is 1. The second-order valence-electron chi connectivity index (χ2n) is 5.66. The Bertz CT molecular complexity index is 507. The molecule has 0 aromatic heterocycles. The number of ether oxygens (including phenoxy) is 1. The number of carbonyl (C=O) groups excluding carboxylic acids is 1. The number of hydrogen-bond donors (Lipinski definition) is 4. The van der Waals surface area contributed by atoms with Crippen LogP contribution in [-0.4, -0.2) is 49.5 Å². The Labute approximate surface area is 131 Å². The molecule has 0 saturated carbocycles. The number of benzene rings is 1. The standard InChI is InChI=1S/C16H25N3O3/c1-11-3-4-13(9-12(11)2)22-8-7-18-16(21)19-14-5-6-17-10-15(14)20/h3-4,9,14-15,17,20H,5-8,10H2,1-2H3,(H2,18,19,21)/t14-,15-/m1/s1. The Morgan fingerprint density at radius 3 is 2.95 bits per heavy atom. The Hall–Kier alpha value is -1.79. The minimum absolute atomic E-state index is 0.193. The number of rotatable bonds is 5. The second-order valence-corrected chi connectivity index (χ2v) is 5.66. The summed E-state index contributed by atoms with van der Waals surface area (Å²) >= 11 is 0. The molecule has 1 aromatic carbocycles. The summed E-state index contributed by atoms with van der Waals surface area (Å²) in [6, 6.07) is 5.47. The van der Waals surface area contributed by atoms with E-state index >= 15 is 0 Å². The van der Waals surface area contributed by atoms with E-state index in [-0.39, 0.29) is 12.1 Å². The topological polar surface area (TPSA) is 82.6 Å². The zero-order chi connectivity index (χ0) is 15.9. The van der Waals surface area contributed by atoms with Crippen molar-refractivity contribution < 1.29 is 14.6 Å². The highest BCUT2D eigenvalue weighted by Gasteiger charge is 2.23. The van der Waals surface area contributed by atoms with Crippen molar-refractivity contribution in [2.24, 2.45) is 0 Å². The van der Waals surface area contributed by atoms with Crippen molar-refractivity contribution in [1.29, 1.82) is 0 Å². The number of amides is 2. The first-order valence-electron chi connectivity index (χ1n) is 7.69. The van der Waals surface area contributed by atoms with Crippen molar-refractivity contribution in [1.82, 2.24) is 16.0 Å². The van der Waals surface area contributed by atoms with Crippen LogP contribution in [0, 0.1) is 13.8 Å². The van der Waals surface area contributed by atoms with Gasteiger partial charge in [-0.2, -0.15) is 0 Å². The number of urea groups is 1. The van der Waals surface area contributed by atoms with Crippen molar-refractivity contribution in [2.45, 2.75) is 32.4 Å². The molecule has 1 fully saturated rings. The van der Waals surface area contributed by atoms with Crippen molar-refractivity contribution >= 4 is 6.03 Å². The number of piperidine rings is 1. The lowest BCUT2D eigenvalue weighted by atomic mass is 10.0. The van der Waals surface area contributed by atoms with Crippen LogP contribution < -0.4 is 20.7 Å². The molecule has 0 spiro atoms. The van der Waals surface area contributed by atoms with Crippen molar-refractivity contribution in [3.63, 3.8) is 0 Å². The molecule has 6 heteroatoms. The van der Waals surface area contributed by atoms with Gasteiger partial charge in [-0.25, -0.2) is 4.79 Å². The monoisotopic (exact) mass is 307 g/mol. The molecular weight excluding hydrogens is 282 g/mol. The average molecular weight is 307 g/mol. The Kier molecular flexibility index (Phi) is 6.03. The van der Waals surface area contributed by atoms with Crippen LogP contribution in [0.1, 0.15) is 17.5 Å². The van der Waals surface area contributed by atoms with E-state index in [9.17, 15) is 9.90 Å². The van der Waals surface area contributed by atoms with Crippen LogP contribution in [0.4, 0.5) is 4.79 Å². The second kappa shape index (κ2) is 8.00. The summed E-state index contributed by atoms with van der Waals surface area (Å²) in [6.07, 6.45) is 0.194. The lowest BCUT2D eigenvalue weighted by molar-refractivity contribution is 0.106. The summed E-state index contributed by atoms with van der Waals surface area (Å²) in [5.74, 6) is 0.805. The van der Waals surface area contributed by atoms with Gasteiger partial charge >= 0.3 is 6.03 Å². The van der Waals surface area contributed by atoms with Crippen LogP contribution in [-0.2, 0) is 0 Å². The van der Waals surface area contributed by atoms with Crippen LogP contribution >= 0.6 is 0 Å². The molecule has 1 aromatic rings. The van der Waals surface area contributed by atoms with Crippen molar-refractivity contribution in [2.75, 3.05) is 26.2 Å². The number of aryl methyl sites for hydroxylation is 2. The largest absolute Gasteiger partial charge is 0.492 e. The molecule has 1 aliphatic heterocycles. The van der Waals surface area contributed by atoms with Crippen LogP contribution in [0.5, 0.6) is 5.75 Å². The molecule has 2 amide bonds. The highest BCUT2D eigenvalue weighted by atomic mass is 16.5. The molecule has 0 unspecified atom stereocenters. The molecule has 1 heterocycles. The molecular formula is C16H25N3O3. The average Bonchev–Trinajstić information content (AvgIpc) is 2.49. The fraction of sp³-hybridized carbons (Fsp3) is 0.562. The summed E-state index contributed by atoms with van der Waals surface area (Å²) in [7, 11) is 0. The number of nitrogens with one attached hydrogen (secondary N) is 3. The van der Waals surface area contributed by atoms with Gasteiger partial charge in [0.05, 0.1) is 18.7 Å². The minimum Gasteiger partial charge on any atom is -0.492 e. The van der Waals surface area contributed by atoms with Crippen LogP contribution in [0.15, 0.2) is 18.2 Å². The van der Waals surface area contributed by atoms with Crippen molar-refractivity contribution in [3.05, 3.63) is 29.3 Å². The highest BCUT2D eigenvalue weighted by Crippen LogP contribution is 2.16. The predicted molar refractivity (Wildman–Crippen MR) is 85.2 cm³/mol. The third kappa shape index (κ3) is 4.89. The quantitative estimate of drug-likeness (QED) is 0.604. The maximum atomic E-state index is 11.8. The molecule has 2 rings (SSSR count). The zero-order valence-electron chi connectivity index (χ0n) is 13.2. The Morgan fingerprint density at radius 2 is 2.23 bits per heavy atom. The van der Waals surface area contributed by atoms with Gasteiger partial charge < -0.3 is 25.8 Å². The molecule has 0 bridgehead atoms. The van der Waals surface area contributed by atoms with E-state index < -0.39 is 6.10 Å². The maximum Gasteiger partial charge on any atom is 0.315 e. The van der Waals surface area contributed by atoms with Gasteiger partial charge in [0.25, 0.3) is 0 Å². The molecule has 1 aliphatic rings. The number of hydrogen-bond acceptors (Lipinski definition) is 4. The predicted octanol–water partition coefficient (Wildman–Crippen LogP) is 0.704. The SMILES string of the molecule is Cc1ccc(OCCNC(=O)N[C@@H]2CCNC[C@H]2O)cc1C. The molecule has 0 radical (unpaired) electrons. The van der Waals surface area contributed by atoms with E-state index in [1.807, 2.05) is 25.1 Å². The van der Waals surface area contributed by atoms with Gasteiger partial charge in [0.15, 0.2) is 0 Å². The molecule has 6 nitrogen and oxygen atoms in total. The molecule has 2 atom stereocenters. The fourth-order valence-electron chi connectivity index (χ4n) is 2.37. The summed E-state index contributed by atoms with van der Waals surface area (Å²) < 4.78 is 5.60. The Balaban J connectivity index is 1.65. The van der Waals surface area contributed by atoms with Gasteiger partial charge in [-0.05, 0) is 50.1 Å². The minimum atomic E-state index is -0.536. The Morgan fingerprint density at radius 1 is 1.41 bits per heavy atom. The smallest absolute Gasteiger partial charge is 0.315 e. The third-order valence-electron chi connectivity index (χ3n) is 3.90. The fourth-order valence-corrected chi connectivity index (χ4v) is 2.37. The van der Waals surface area contributed by atoms with E-state index in [2.05, 4.69) is 22.9 Å². The first kappa shape index (κ1) is 16.6. The number of carbonyl (C=O) groups is 1. The van der Waals surface area contributed by atoms with Gasteiger partial charge in [-0.3, -0.25) is 0 Å². The summed E-state index contributed by atoms with van der Waals surface area (Å²) in [5.41, 5.74) is 2.41. The molecule has 4 N–H and O–H groups in total. The van der Waals surface area contributed by atoms with Gasteiger partial charge in [-0.1, -0.05) is 6.07 Å². The maximum absolute atomic E-state index is 11.8.